The van der Waals surface area contributed by atoms with Crippen molar-refractivity contribution < 1.29 is 22.8 Å². The second kappa shape index (κ2) is 9.49. The van der Waals surface area contributed by atoms with E-state index < -0.39 is 17.6 Å². The quantitative estimate of drug-likeness (QED) is 0.760. The van der Waals surface area contributed by atoms with Crippen LogP contribution in [0.1, 0.15) is 27.5 Å². The van der Waals surface area contributed by atoms with Crippen molar-refractivity contribution in [3.8, 4) is 0 Å². The molecule has 2 aromatic carbocycles. The first-order chi connectivity index (χ1) is 14.7. The zero-order chi connectivity index (χ0) is 22.6. The molecule has 9 heteroatoms. The highest BCUT2D eigenvalue weighted by Gasteiger charge is 2.34. The fourth-order valence-corrected chi connectivity index (χ4v) is 3.70. The van der Waals surface area contributed by atoms with E-state index >= 15 is 0 Å². The Hall–Kier alpha value is -2.91. The number of carbonyl (C=O) groups excluding carboxylic acids is 2. The van der Waals surface area contributed by atoms with Gasteiger partial charge < -0.3 is 10.6 Å². The van der Waals surface area contributed by atoms with Crippen LogP contribution < -0.4 is 10.6 Å². The van der Waals surface area contributed by atoms with Crippen LogP contribution in [0.25, 0.3) is 0 Å². The van der Waals surface area contributed by atoms with Gasteiger partial charge in [0.05, 0.1) is 17.8 Å². The number of hydrogen-bond acceptors (Lipinski definition) is 4. The van der Waals surface area contributed by atoms with Gasteiger partial charge in [-0.15, -0.1) is 0 Å². The maximum Gasteiger partial charge on any atom is 0.418 e. The molecule has 0 bridgehead atoms. The van der Waals surface area contributed by atoms with Gasteiger partial charge in [0.2, 0.25) is 5.91 Å². The molecular formula is C22H25F3N4O2. The fourth-order valence-electron chi connectivity index (χ4n) is 3.70. The van der Waals surface area contributed by atoms with Gasteiger partial charge in [0.1, 0.15) is 0 Å². The Kier molecular flexibility index (Phi) is 6.97. The second-order valence-corrected chi connectivity index (χ2v) is 7.53. The van der Waals surface area contributed by atoms with Gasteiger partial charge in [0, 0.05) is 38.3 Å². The zero-order valence-corrected chi connectivity index (χ0v) is 17.4. The highest BCUT2D eigenvalue weighted by Crippen LogP contribution is 2.34. The summed E-state index contributed by atoms with van der Waals surface area (Å²) in [5.41, 5.74) is 0.373. The molecule has 0 spiro atoms. The van der Waals surface area contributed by atoms with E-state index in [0.717, 1.165) is 11.6 Å². The Balaban J connectivity index is 1.69. The number of rotatable bonds is 5. The summed E-state index contributed by atoms with van der Waals surface area (Å²) >= 11 is 0. The van der Waals surface area contributed by atoms with Crippen LogP contribution in [0, 0.1) is 0 Å². The molecule has 1 aliphatic rings. The SMILES string of the molecule is CNC(=O)c1cccc(C2CN(CC(=O)Nc3ccccc3C(F)(F)F)CCN2C)c1. The van der Waals surface area contributed by atoms with E-state index in [9.17, 15) is 22.8 Å². The number of alkyl halides is 3. The molecule has 0 aromatic heterocycles. The molecule has 31 heavy (non-hydrogen) atoms. The molecule has 6 nitrogen and oxygen atoms in total. The third-order valence-electron chi connectivity index (χ3n) is 5.37. The number of likely N-dealkylation sites (N-methyl/N-ethyl adjacent to an activating group) is 1. The van der Waals surface area contributed by atoms with Crippen molar-refractivity contribution in [2.75, 3.05) is 45.6 Å². The minimum atomic E-state index is -4.54. The van der Waals surface area contributed by atoms with Crippen molar-refractivity contribution >= 4 is 17.5 Å². The van der Waals surface area contributed by atoms with Crippen molar-refractivity contribution in [3.05, 3.63) is 65.2 Å². The molecule has 1 heterocycles. The smallest absolute Gasteiger partial charge is 0.355 e. The molecule has 166 valence electrons. The molecule has 0 saturated carbocycles. The lowest BCUT2D eigenvalue weighted by molar-refractivity contribution is -0.137. The van der Waals surface area contributed by atoms with E-state index in [1.54, 1.807) is 13.1 Å². The van der Waals surface area contributed by atoms with Crippen LogP contribution in [0.15, 0.2) is 48.5 Å². The predicted molar refractivity (Wildman–Crippen MR) is 112 cm³/mol. The minimum Gasteiger partial charge on any atom is -0.355 e. The second-order valence-electron chi connectivity index (χ2n) is 7.53. The summed E-state index contributed by atoms with van der Waals surface area (Å²) in [6.45, 7) is 1.78. The van der Waals surface area contributed by atoms with Gasteiger partial charge in [-0.1, -0.05) is 24.3 Å². The van der Waals surface area contributed by atoms with Gasteiger partial charge in [-0.2, -0.15) is 13.2 Å². The monoisotopic (exact) mass is 434 g/mol. The number of carbonyl (C=O) groups is 2. The molecule has 2 amide bonds. The van der Waals surface area contributed by atoms with Gasteiger partial charge in [-0.25, -0.2) is 0 Å². The molecule has 1 fully saturated rings. The van der Waals surface area contributed by atoms with Crippen LogP contribution in [0.5, 0.6) is 0 Å². The number of para-hydroxylation sites is 1. The summed E-state index contributed by atoms with van der Waals surface area (Å²) < 4.78 is 39.5. The zero-order valence-electron chi connectivity index (χ0n) is 17.4. The lowest BCUT2D eigenvalue weighted by Gasteiger charge is -2.39. The summed E-state index contributed by atoms with van der Waals surface area (Å²) in [6.07, 6.45) is -4.54. The van der Waals surface area contributed by atoms with Gasteiger partial charge in [-0.3, -0.25) is 19.4 Å². The van der Waals surface area contributed by atoms with Crippen LogP contribution in [-0.2, 0) is 11.0 Å². The number of piperazine rings is 1. The van der Waals surface area contributed by atoms with Gasteiger partial charge in [-0.05, 0) is 36.9 Å². The number of nitrogens with zero attached hydrogens (tertiary/aromatic N) is 2. The lowest BCUT2D eigenvalue weighted by Crippen LogP contribution is -2.49. The van der Waals surface area contributed by atoms with Crippen LogP contribution >= 0.6 is 0 Å². The average molecular weight is 434 g/mol. The first kappa shape index (κ1) is 22.8. The Morgan fingerprint density at radius 1 is 1.10 bits per heavy atom. The summed E-state index contributed by atoms with van der Waals surface area (Å²) in [4.78, 5) is 28.5. The number of nitrogens with one attached hydrogen (secondary N) is 2. The van der Waals surface area contributed by atoms with Crippen LogP contribution in [0.4, 0.5) is 18.9 Å². The maximum absolute atomic E-state index is 13.2. The number of benzene rings is 2. The van der Waals surface area contributed by atoms with E-state index in [-0.39, 0.29) is 24.2 Å². The summed E-state index contributed by atoms with van der Waals surface area (Å²) in [5.74, 6) is -0.681. The lowest BCUT2D eigenvalue weighted by atomic mass is 10.00. The number of anilines is 1. The highest BCUT2D eigenvalue weighted by molar-refractivity contribution is 5.94. The van der Waals surface area contributed by atoms with Gasteiger partial charge >= 0.3 is 6.18 Å². The fraction of sp³-hybridized carbons (Fsp3) is 0.364. The first-order valence-electron chi connectivity index (χ1n) is 9.89. The molecule has 2 aromatic rings. The summed E-state index contributed by atoms with van der Waals surface area (Å²) in [5, 5.41) is 4.99. The Morgan fingerprint density at radius 3 is 2.55 bits per heavy atom. The van der Waals surface area contributed by atoms with Gasteiger partial charge in [0.25, 0.3) is 5.91 Å². The van der Waals surface area contributed by atoms with Crippen molar-refractivity contribution in [2.24, 2.45) is 0 Å². The Morgan fingerprint density at radius 2 is 1.84 bits per heavy atom. The third-order valence-corrected chi connectivity index (χ3v) is 5.37. The van der Waals surface area contributed by atoms with E-state index in [1.807, 2.05) is 30.1 Å². The van der Waals surface area contributed by atoms with Gasteiger partial charge in [0.15, 0.2) is 0 Å². The number of amides is 2. The molecule has 1 unspecified atom stereocenters. The van der Waals surface area contributed by atoms with E-state index in [0.29, 0.717) is 25.2 Å². The topological polar surface area (TPSA) is 64.7 Å². The van der Waals surface area contributed by atoms with Crippen molar-refractivity contribution in [1.82, 2.24) is 15.1 Å². The van der Waals surface area contributed by atoms with Crippen LogP contribution in [0.2, 0.25) is 0 Å². The summed E-state index contributed by atoms with van der Waals surface area (Å²) in [7, 11) is 3.53. The number of halogens is 3. The van der Waals surface area contributed by atoms with Crippen molar-refractivity contribution in [2.45, 2.75) is 12.2 Å². The Bertz CT molecular complexity index is 948. The minimum absolute atomic E-state index is 0.0222. The first-order valence-corrected chi connectivity index (χ1v) is 9.89. The molecule has 0 aliphatic carbocycles. The van der Waals surface area contributed by atoms with E-state index in [2.05, 4.69) is 15.5 Å². The van der Waals surface area contributed by atoms with E-state index in [1.165, 1.54) is 18.2 Å². The number of hydrogen-bond donors (Lipinski definition) is 2. The molecule has 1 saturated heterocycles. The standard InChI is InChI=1S/C22H25F3N4O2/c1-26-21(31)16-7-5-6-15(12-16)19-13-29(11-10-28(19)2)14-20(30)27-18-9-4-3-8-17(18)22(23,24)25/h3-9,12,19H,10-11,13-14H2,1-2H3,(H,26,31)(H,27,30). The molecule has 0 radical (unpaired) electrons. The molecule has 1 aliphatic heterocycles. The average Bonchev–Trinajstić information content (AvgIpc) is 2.74. The Labute approximate surface area is 179 Å². The molecule has 2 N–H and O–H groups in total. The van der Waals surface area contributed by atoms with Crippen molar-refractivity contribution in [1.29, 1.82) is 0 Å². The summed E-state index contributed by atoms with van der Waals surface area (Å²) in [6, 6.07) is 12.2. The molecular weight excluding hydrogens is 409 g/mol. The molecule has 3 rings (SSSR count). The third kappa shape index (κ3) is 5.62. The maximum atomic E-state index is 13.2. The largest absolute Gasteiger partial charge is 0.418 e. The predicted octanol–water partition coefficient (Wildman–Crippen LogP) is 2.99. The van der Waals surface area contributed by atoms with Crippen molar-refractivity contribution in [3.63, 3.8) is 0 Å². The normalized spacial score (nSPS) is 17.9. The molecule has 1 atom stereocenters. The van der Waals surface area contributed by atoms with E-state index in [4.69, 9.17) is 0 Å². The highest BCUT2D eigenvalue weighted by atomic mass is 19.4. The van der Waals surface area contributed by atoms with Crippen LogP contribution in [-0.4, -0.2) is 61.9 Å². The van der Waals surface area contributed by atoms with Crippen LogP contribution in [0.3, 0.4) is 0 Å².